The van der Waals surface area contributed by atoms with Crippen molar-refractivity contribution >= 4 is 42.8 Å². The van der Waals surface area contributed by atoms with Gasteiger partial charge >= 0.3 is 0 Å². The number of carbonyl (C=O) groups excluding carboxylic acids is 1. The van der Waals surface area contributed by atoms with Crippen LogP contribution in [0.25, 0.3) is 10.9 Å². The summed E-state index contributed by atoms with van der Waals surface area (Å²) >= 11 is 3.32. The summed E-state index contributed by atoms with van der Waals surface area (Å²) in [5.41, 5.74) is 3.75. The second-order valence-electron chi connectivity index (χ2n) is 7.38. The third-order valence-electron chi connectivity index (χ3n) is 5.28. The first-order valence-electron chi connectivity index (χ1n) is 9.41. The van der Waals surface area contributed by atoms with Crippen molar-refractivity contribution in [1.29, 1.82) is 0 Å². The number of hydrogen-bond acceptors (Lipinski definition) is 3. The van der Waals surface area contributed by atoms with Crippen LogP contribution in [0.5, 0.6) is 0 Å². The lowest BCUT2D eigenvalue weighted by Crippen LogP contribution is -2.50. The summed E-state index contributed by atoms with van der Waals surface area (Å²) in [5, 5.41) is 1.04. The van der Waals surface area contributed by atoms with Crippen molar-refractivity contribution in [2.75, 3.05) is 26.2 Å². The number of aryl methyl sites for hydroxylation is 2. The Bertz CT molecular complexity index is 1200. The van der Waals surface area contributed by atoms with Crippen LogP contribution in [-0.2, 0) is 10.0 Å². The standard InChI is InChI=1S/C21H22BrN3O3S/c1-14-10-15(2)18-13-20(23-19(18)11-14)21(26)24-6-8-25(9-7-24)29(27,28)17-5-3-4-16(22)12-17/h3-5,10-13,23H,6-9H2,1-2H3. The predicted molar refractivity (Wildman–Crippen MR) is 117 cm³/mol. The molecule has 1 saturated heterocycles. The third-order valence-corrected chi connectivity index (χ3v) is 7.67. The molecule has 2 heterocycles. The van der Waals surface area contributed by atoms with Gasteiger partial charge in [0.15, 0.2) is 0 Å². The van der Waals surface area contributed by atoms with Crippen LogP contribution in [0.4, 0.5) is 0 Å². The van der Waals surface area contributed by atoms with Gasteiger partial charge in [0, 0.05) is 41.6 Å². The molecule has 1 aliphatic heterocycles. The minimum Gasteiger partial charge on any atom is -0.351 e. The second-order valence-corrected chi connectivity index (χ2v) is 10.2. The first-order valence-corrected chi connectivity index (χ1v) is 11.6. The molecule has 8 heteroatoms. The van der Waals surface area contributed by atoms with E-state index in [1.54, 1.807) is 29.2 Å². The van der Waals surface area contributed by atoms with Gasteiger partial charge in [0.1, 0.15) is 5.69 Å². The van der Waals surface area contributed by atoms with Gasteiger partial charge in [0.2, 0.25) is 10.0 Å². The number of carbonyl (C=O) groups is 1. The lowest BCUT2D eigenvalue weighted by molar-refractivity contribution is 0.0693. The highest BCUT2D eigenvalue weighted by atomic mass is 79.9. The Morgan fingerprint density at radius 3 is 2.45 bits per heavy atom. The van der Waals surface area contributed by atoms with Crippen LogP contribution in [0.1, 0.15) is 21.6 Å². The molecule has 4 rings (SSSR count). The Hall–Kier alpha value is -2.16. The molecule has 0 bridgehead atoms. The Labute approximate surface area is 178 Å². The molecule has 3 aromatic rings. The Balaban J connectivity index is 1.50. The van der Waals surface area contributed by atoms with Gasteiger partial charge in [-0.25, -0.2) is 8.42 Å². The molecule has 1 N–H and O–H groups in total. The molecule has 0 spiro atoms. The van der Waals surface area contributed by atoms with E-state index in [4.69, 9.17) is 0 Å². The number of hydrogen-bond donors (Lipinski definition) is 1. The number of amides is 1. The molecule has 0 saturated carbocycles. The van der Waals surface area contributed by atoms with Gasteiger partial charge in [-0.2, -0.15) is 4.31 Å². The molecular formula is C21H22BrN3O3S. The summed E-state index contributed by atoms with van der Waals surface area (Å²) in [5.74, 6) is -0.0993. The minimum absolute atomic E-state index is 0.0993. The van der Waals surface area contributed by atoms with Crippen molar-refractivity contribution in [3.05, 3.63) is 63.8 Å². The summed E-state index contributed by atoms with van der Waals surface area (Å²) in [7, 11) is -3.57. The maximum Gasteiger partial charge on any atom is 0.270 e. The summed E-state index contributed by atoms with van der Waals surface area (Å²) in [6, 6.07) is 12.7. The van der Waals surface area contributed by atoms with Crippen LogP contribution in [0, 0.1) is 13.8 Å². The minimum atomic E-state index is -3.57. The van der Waals surface area contributed by atoms with Gasteiger partial charge in [-0.05, 0) is 55.3 Å². The van der Waals surface area contributed by atoms with E-state index in [1.165, 1.54) is 4.31 Å². The topological polar surface area (TPSA) is 73.5 Å². The zero-order valence-electron chi connectivity index (χ0n) is 16.3. The molecule has 152 valence electrons. The monoisotopic (exact) mass is 475 g/mol. The number of nitrogens with zero attached hydrogens (tertiary/aromatic N) is 2. The lowest BCUT2D eigenvalue weighted by atomic mass is 10.1. The number of H-pyrrole nitrogens is 1. The number of benzene rings is 2. The van der Waals surface area contributed by atoms with E-state index < -0.39 is 10.0 Å². The Morgan fingerprint density at radius 1 is 1.03 bits per heavy atom. The van der Waals surface area contributed by atoms with Crippen molar-refractivity contribution in [1.82, 2.24) is 14.2 Å². The Kier molecular flexibility index (Phi) is 5.27. The molecule has 0 aliphatic carbocycles. The van der Waals surface area contributed by atoms with Crippen molar-refractivity contribution in [2.24, 2.45) is 0 Å². The van der Waals surface area contributed by atoms with E-state index in [9.17, 15) is 13.2 Å². The average molecular weight is 476 g/mol. The normalized spacial score (nSPS) is 15.8. The van der Waals surface area contributed by atoms with Crippen LogP contribution < -0.4 is 0 Å². The van der Waals surface area contributed by atoms with Crippen LogP contribution in [0.15, 0.2) is 51.8 Å². The number of aromatic amines is 1. The van der Waals surface area contributed by atoms with E-state index in [2.05, 4.69) is 27.0 Å². The van der Waals surface area contributed by atoms with Gasteiger partial charge in [-0.1, -0.05) is 28.1 Å². The van der Waals surface area contributed by atoms with Crippen molar-refractivity contribution in [3.63, 3.8) is 0 Å². The number of nitrogens with one attached hydrogen (secondary N) is 1. The van der Waals surface area contributed by atoms with E-state index in [0.29, 0.717) is 18.8 Å². The van der Waals surface area contributed by atoms with Gasteiger partial charge < -0.3 is 9.88 Å². The quantitative estimate of drug-likeness (QED) is 0.627. The zero-order valence-corrected chi connectivity index (χ0v) is 18.7. The molecule has 29 heavy (non-hydrogen) atoms. The second kappa shape index (κ2) is 7.59. The third kappa shape index (κ3) is 3.84. The molecule has 2 aromatic carbocycles. The number of sulfonamides is 1. The smallest absolute Gasteiger partial charge is 0.270 e. The highest BCUT2D eigenvalue weighted by Gasteiger charge is 2.31. The van der Waals surface area contributed by atoms with Crippen LogP contribution in [-0.4, -0.2) is 54.7 Å². The van der Waals surface area contributed by atoms with Gasteiger partial charge in [-0.3, -0.25) is 4.79 Å². The van der Waals surface area contributed by atoms with Gasteiger partial charge in [-0.15, -0.1) is 0 Å². The molecule has 1 fully saturated rings. The number of rotatable bonds is 3. The van der Waals surface area contributed by atoms with Crippen molar-refractivity contribution < 1.29 is 13.2 Å². The molecule has 0 radical (unpaired) electrons. The number of halogens is 1. The maximum atomic E-state index is 13.0. The van der Waals surface area contributed by atoms with E-state index in [-0.39, 0.29) is 23.9 Å². The number of aromatic nitrogens is 1. The van der Waals surface area contributed by atoms with Crippen molar-refractivity contribution in [2.45, 2.75) is 18.7 Å². The highest BCUT2D eigenvalue weighted by molar-refractivity contribution is 9.10. The molecule has 0 unspecified atom stereocenters. The van der Waals surface area contributed by atoms with Crippen LogP contribution >= 0.6 is 15.9 Å². The SMILES string of the molecule is Cc1cc(C)c2cc(C(=O)N3CCN(S(=O)(=O)c4cccc(Br)c4)CC3)[nH]c2c1. The fourth-order valence-corrected chi connectivity index (χ4v) is 5.81. The van der Waals surface area contributed by atoms with E-state index in [1.807, 2.05) is 26.0 Å². The molecule has 6 nitrogen and oxygen atoms in total. The molecular weight excluding hydrogens is 454 g/mol. The molecule has 1 aromatic heterocycles. The maximum absolute atomic E-state index is 13.0. The lowest BCUT2D eigenvalue weighted by Gasteiger charge is -2.33. The van der Waals surface area contributed by atoms with Crippen molar-refractivity contribution in [3.8, 4) is 0 Å². The first-order chi connectivity index (χ1) is 13.8. The summed E-state index contributed by atoms with van der Waals surface area (Å²) in [6.45, 7) is 5.33. The molecule has 1 aliphatic rings. The number of fused-ring (bicyclic) bond motifs is 1. The summed E-state index contributed by atoms with van der Waals surface area (Å²) < 4.78 is 27.9. The zero-order chi connectivity index (χ0) is 20.8. The van der Waals surface area contributed by atoms with Crippen LogP contribution in [0.2, 0.25) is 0 Å². The van der Waals surface area contributed by atoms with E-state index in [0.717, 1.165) is 26.5 Å². The fourth-order valence-electron chi connectivity index (χ4n) is 3.79. The predicted octanol–water partition coefficient (Wildman–Crippen LogP) is 3.69. The summed E-state index contributed by atoms with van der Waals surface area (Å²) in [4.78, 5) is 18.1. The first kappa shape index (κ1) is 20.1. The number of piperazine rings is 1. The van der Waals surface area contributed by atoms with Crippen LogP contribution in [0.3, 0.4) is 0 Å². The van der Waals surface area contributed by atoms with Gasteiger partial charge in [0.25, 0.3) is 5.91 Å². The van der Waals surface area contributed by atoms with Gasteiger partial charge in [0.05, 0.1) is 4.90 Å². The average Bonchev–Trinajstić information content (AvgIpc) is 3.12. The fraction of sp³-hybridized carbons (Fsp3) is 0.286. The highest BCUT2D eigenvalue weighted by Crippen LogP contribution is 2.24. The molecule has 0 atom stereocenters. The molecule has 1 amide bonds. The Morgan fingerprint density at radius 2 is 1.76 bits per heavy atom. The largest absolute Gasteiger partial charge is 0.351 e. The summed E-state index contributed by atoms with van der Waals surface area (Å²) in [6.07, 6.45) is 0. The van der Waals surface area contributed by atoms with E-state index >= 15 is 0 Å².